The van der Waals surface area contributed by atoms with Crippen LogP contribution in [0.2, 0.25) is 0 Å². The van der Waals surface area contributed by atoms with Gasteiger partial charge in [0, 0.05) is 7.05 Å². The number of thiazole rings is 1. The van der Waals surface area contributed by atoms with Crippen LogP contribution in [0.25, 0.3) is 10.2 Å². The summed E-state index contributed by atoms with van der Waals surface area (Å²) in [4.78, 5) is 10.8. The Labute approximate surface area is 89.3 Å². The highest BCUT2D eigenvalue weighted by Crippen LogP contribution is 2.20. The molecule has 0 radical (unpaired) electrons. The Morgan fingerprint density at radius 2 is 2.07 bits per heavy atom. The van der Waals surface area contributed by atoms with Crippen LogP contribution in [0.1, 0.15) is 0 Å². The predicted octanol–water partition coefficient (Wildman–Crippen LogP) is 0.504. The molecule has 7 heteroatoms. The lowest BCUT2D eigenvalue weighted by atomic mass is 10.3. The van der Waals surface area contributed by atoms with Crippen LogP contribution < -0.4 is 4.87 Å². The maximum absolute atomic E-state index is 11.3. The minimum Gasteiger partial charge on any atom is -0.744 e. The molecule has 0 bridgehead atoms. The Hall–Kier alpha value is -1.18. The molecule has 1 aromatic heterocycles. The van der Waals surface area contributed by atoms with Crippen LogP contribution in [0.4, 0.5) is 0 Å². The summed E-state index contributed by atoms with van der Waals surface area (Å²) in [6.07, 6.45) is 0. The van der Waals surface area contributed by atoms with Crippen LogP contribution >= 0.6 is 11.3 Å². The fourth-order valence-corrected chi connectivity index (χ4v) is 2.76. The third-order valence-electron chi connectivity index (χ3n) is 2.05. The highest BCUT2D eigenvalue weighted by molar-refractivity contribution is 7.85. The maximum Gasteiger partial charge on any atom is 0.307 e. The van der Waals surface area contributed by atoms with Crippen LogP contribution in [-0.2, 0) is 17.2 Å². The summed E-state index contributed by atoms with van der Waals surface area (Å²) in [5.74, 6) is 0. The molecule has 0 fully saturated rings. The van der Waals surface area contributed by atoms with Gasteiger partial charge in [-0.05, 0) is 18.2 Å². The third kappa shape index (κ3) is 1.69. The van der Waals surface area contributed by atoms with Crippen molar-refractivity contribution >= 4 is 31.7 Å². The first-order valence-electron chi connectivity index (χ1n) is 3.95. The Balaban J connectivity index is 2.84. The fraction of sp³-hybridized carbons (Fsp3) is 0.125. The summed E-state index contributed by atoms with van der Waals surface area (Å²) < 4.78 is 34.1. The van der Waals surface area contributed by atoms with Gasteiger partial charge in [0.25, 0.3) is 0 Å². The van der Waals surface area contributed by atoms with E-state index in [9.17, 15) is 17.8 Å². The van der Waals surface area contributed by atoms with Crippen molar-refractivity contribution in [2.24, 2.45) is 7.05 Å². The number of aromatic nitrogens is 1. The molecule has 0 aliphatic carbocycles. The van der Waals surface area contributed by atoms with E-state index in [0.29, 0.717) is 10.2 Å². The van der Waals surface area contributed by atoms with Gasteiger partial charge in [-0.25, -0.2) is 8.42 Å². The summed E-state index contributed by atoms with van der Waals surface area (Å²) in [6.45, 7) is 0. The summed E-state index contributed by atoms with van der Waals surface area (Å²) >= 11 is 0.913. The lowest BCUT2D eigenvalue weighted by molar-refractivity contribution is 0.463. The second-order valence-electron chi connectivity index (χ2n) is 3.01. The minimum atomic E-state index is -4.45. The smallest absolute Gasteiger partial charge is 0.307 e. The molecule has 0 aliphatic rings. The van der Waals surface area contributed by atoms with Crippen LogP contribution in [-0.4, -0.2) is 17.5 Å². The molecule has 2 rings (SSSR count). The van der Waals surface area contributed by atoms with Crippen molar-refractivity contribution in [3.8, 4) is 0 Å². The maximum atomic E-state index is 11.3. The summed E-state index contributed by atoms with van der Waals surface area (Å²) in [6, 6.07) is 3.89. The van der Waals surface area contributed by atoms with Gasteiger partial charge in [-0.3, -0.25) is 4.79 Å². The summed E-state index contributed by atoms with van der Waals surface area (Å²) in [5, 5.41) is 0. The van der Waals surface area contributed by atoms with Gasteiger partial charge in [0.1, 0.15) is 10.1 Å². The SMILES string of the molecule is Cn1c(=O)sc2cc(S(=O)(=O)[O-])ccc21. The summed E-state index contributed by atoms with van der Waals surface area (Å²) in [7, 11) is -2.86. The third-order valence-corrected chi connectivity index (χ3v) is 3.88. The molecule has 80 valence electrons. The lowest BCUT2D eigenvalue weighted by Crippen LogP contribution is -2.06. The average Bonchev–Trinajstić information content (AvgIpc) is 2.41. The van der Waals surface area contributed by atoms with Crippen molar-refractivity contribution in [3.63, 3.8) is 0 Å². The zero-order valence-corrected chi connectivity index (χ0v) is 9.26. The molecule has 0 aliphatic heterocycles. The van der Waals surface area contributed by atoms with Crippen LogP contribution in [0.5, 0.6) is 0 Å². The summed E-state index contributed by atoms with van der Waals surface area (Å²) in [5.41, 5.74) is 0.623. The number of fused-ring (bicyclic) bond motifs is 1. The number of rotatable bonds is 1. The number of benzene rings is 1. The molecule has 5 nitrogen and oxygen atoms in total. The van der Waals surface area contributed by atoms with Gasteiger partial charge in [0.2, 0.25) is 0 Å². The highest BCUT2D eigenvalue weighted by Gasteiger charge is 2.07. The van der Waals surface area contributed by atoms with Crippen molar-refractivity contribution in [3.05, 3.63) is 27.9 Å². The van der Waals surface area contributed by atoms with Crippen molar-refractivity contribution < 1.29 is 13.0 Å². The Morgan fingerprint density at radius 3 is 2.67 bits per heavy atom. The molecule has 1 aromatic carbocycles. The van der Waals surface area contributed by atoms with Gasteiger partial charge in [0.05, 0.1) is 15.1 Å². The van der Waals surface area contributed by atoms with Gasteiger partial charge in [-0.1, -0.05) is 11.3 Å². The fourth-order valence-electron chi connectivity index (χ4n) is 1.27. The van der Waals surface area contributed by atoms with Crippen LogP contribution in [0.3, 0.4) is 0 Å². The first-order chi connectivity index (χ1) is 6.89. The van der Waals surface area contributed by atoms with Crippen molar-refractivity contribution in [2.45, 2.75) is 4.90 Å². The molecule has 0 unspecified atom stereocenters. The second-order valence-corrected chi connectivity index (χ2v) is 5.38. The average molecular weight is 244 g/mol. The normalized spacial score (nSPS) is 12.1. The second kappa shape index (κ2) is 3.16. The van der Waals surface area contributed by atoms with E-state index in [1.807, 2.05) is 0 Å². The largest absolute Gasteiger partial charge is 0.744 e. The van der Waals surface area contributed by atoms with Crippen molar-refractivity contribution in [2.75, 3.05) is 0 Å². The quantitative estimate of drug-likeness (QED) is 0.684. The first-order valence-corrected chi connectivity index (χ1v) is 6.17. The van der Waals surface area contributed by atoms with E-state index in [2.05, 4.69) is 0 Å². The van der Waals surface area contributed by atoms with Gasteiger partial charge in [0.15, 0.2) is 0 Å². The van der Waals surface area contributed by atoms with Crippen LogP contribution in [0, 0.1) is 0 Å². The van der Waals surface area contributed by atoms with E-state index >= 15 is 0 Å². The van der Waals surface area contributed by atoms with E-state index in [-0.39, 0.29) is 9.77 Å². The van der Waals surface area contributed by atoms with Crippen LogP contribution in [0.15, 0.2) is 27.9 Å². The number of hydrogen-bond donors (Lipinski definition) is 0. The van der Waals surface area contributed by atoms with E-state index < -0.39 is 10.1 Å². The monoisotopic (exact) mass is 244 g/mol. The minimum absolute atomic E-state index is 0.189. The van der Waals surface area contributed by atoms with Gasteiger partial charge >= 0.3 is 4.87 Å². The molecule has 0 spiro atoms. The Bertz CT molecular complexity index is 680. The zero-order chi connectivity index (χ0) is 11.2. The molecule has 2 aromatic rings. The number of aryl methyl sites for hydroxylation is 1. The molecule has 15 heavy (non-hydrogen) atoms. The number of hydrogen-bond acceptors (Lipinski definition) is 5. The van der Waals surface area contributed by atoms with E-state index in [4.69, 9.17) is 0 Å². The number of nitrogens with zero attached hydrogens (tertiary/aromatic N) is 1. The van der Waals surface area contributed by atoms with E-state index in [1.165, 1.54) is 22.8 Å². The Morgan fingerprint density at radius 1 is 1.40 bits per heavy atom. The molecule has 0 atom stereocenters. The zero-order valence-electron chi connectivity index (χ0n) is 7.63. The molecule has 0 saturated heterocycles. The molecule has 0 amide bonds. The van der Waals surface area contributed by atoms with E-state index in [0.717, 1.165) is 11.3 Å². The van der Waals surface area contributed by atoms with Gasteiger partial charge in [-0.2, -0.15) is 0 Å². The molecule has 0 N–H and O–H groups in total. The predicted molar refractivity (Wildman–Crippen MR) is 55.0 cm³/mol. The molecule has 0 saturated carbocycles. The highest BCUT2D eigenvalue weighted by atomic mass is 32.2. The van der Waals surface area contributed by atoms with Gasteiger partial charge < -0.3 is 9.12 Å². The van der Waals surface area contributed by atoms with Crippen molar-refractivity contribution in [1.82, 2.24) is 4.57 Å². The first kappa shape index (κ1) is 10.3. The molecular weight excluding hydrogens is 238 g/mol. The molecular formula is C8H6NO4S2-. The standard InChI is InChI=1S/C8H7NO4S2/c1-9-6-3-2-5(15(11,12)13)4-7(6)14-8(9)10/h2-4H,1H3,(H,11,12,13)/p-1. The lowest BCUT2D eigenvalue weighted by Gasteiger charge is -2.06. The Kier molecular flexibility index (Phi) is 2.18. The topological polar surface area (TPSA) is 79.2 Å². The molecule has 1 heterocycles. The van der Waals surface area contributed by atoms with Gasteiger partial charge in [-0.15, -0.1) is 0 Å². The van der Waals surface area contributed by atoms with E-state index in [1.54, 1.807) is 7.05 Å². The van der Waals surface area contributed by atoms with Crippen molar-refractivity contribution in [1.29, 1.82) is 0 Å².